The van der Waals surface area contributed by atoms with Crippen molar-refractivity contribution in [2.75, 3.05) is 31.1 Å². The first kappa shape index (κ1) is 23.3. The van der Waals surface area contributed by atoms with E-state index in [0.29, 0.717) is 42.6 Å². The fraction of sp³-hybridized carbons (Fsp3) is 0.308. The molecule has 3 heterocycles. The Labute approximate surface area is 208 Å². The third-order valence-electron chi connectivity index (χ3n) is 6.34. The van der Waals surface area contributed by atoms with Gasteiger partial charge in [0.05, 0.1) is 11.6 Å². The SMILES string of the molecule is O=C(c1cccc(Cl)c1)N1CCC(Oc2ccc(N(C(=O)C3CNC3)c3cccnn3)cc2)CC1. The number of piperidine rings is 1. The summed E-state index contributed by atoms with van der Waals surface area (Å²) in [6.45, 7) is 2.57. The van der Waals surface area contributed by atoms with Crippen LogP contribution in [0.4, 0.5) is 11.5 Å². The molecule has 0 spiro atoms. The van der Waals surface area contributed by atoms with Gasteiger partial charge in [-0.15, -0.1) is 5.10 Å². The van der Waals surface area contributed by atoms with E-state index in [1.54, 1.807) is 47.5 Å². The normalized spacial score (nSPS) is 16.4. The molecule has 0 bridgehead atoms. The molecule has 8 nitrogen and oxygen atoms in total. The third kappa shape index (κ3) is 5.28. The number of ether oxygens (including phenoxy) is 1. The molecule has 0 radical (unpaired) electrons. The van der Waals surface area contributed by atoms with Crippen molar-refractivity contribution in [3.05, 3.63) is 77.4 Å². The summed E-state index contributed by atoms with van der Waals surface area (Å²) in [4.78, 5) is 29.3. The predicted octanol–water partition coefficient (Wildman–Crippen LogP) is 3.70. The lowest BCUT2D eigenvalue weighted by atomic mass is 10.0. The number of amides is 2. The number of aromatic nitrogens is 2. The summed E-state index contributed by atoms with van der Waals surface area (Å²) in [6.07, 6.45) is 3.09. The number of nitrogens with one attached hydrogen (secondary N) is 1. The van der Waals surface area contributed by atoms with E-state index >= 15 is 0 Å². The molecule has 2 amide bonds. The van der Waals surface area contributed by atoms with Gasteiger partial charge in [-0.05, 0) is 54.6 Å². The van der Waals surface area contributed by atoms with Crippen molar-refractivity contribution in [1.29, 1.82) is 0 Å². The van der Waals surface area contributed by atoms with Crippen LogP contribution in [0.2, 0.25) is 5.02 Å². The first-order valence-corrected chi connectivity index (χ1v) is 12.1. The van der Waals surface area contributed by atoms with Gasteiger partial charge in [0, 0.05) is 55.8 Å². The fourth-order valence-electron chi connectivity index (χ4n) is 4.28. The topological polar surface area (TPSA) is 87.7 Å². The molecule has 2 saturated heterocycles. The van der Waals surface area contributed by atoms with E-state index in [1.165, 1.54) is 0 Å². The maximum absolute atomic E-state index is 13.1. The van der Waals surface area contributed by atoms with E-state index in [2.05, 4.69) is 15.5 Å². The number of hydrogen-bond acceptors (Lipinski definition) is 6. The van der Waals surface area contributed by atoms with Crippen molar-refractivity contribution >= 4 is 34.9 Å². The number of carbonyl (C=O) groups excluding carboxylic acids is 2. The molecule has 0 unspecified atom stereocenters. The predicted molar refractivity (Wildman–Crippen MR) is 133 cm³/mol. The highest BCUT2D eigenvalue weighted by Gasteiger charge is 2.32. The number of hydrogen-bond donors (Lipinski definition) is 1. The second-order valence-electron chi connectivity index (χ2n) is 8.72. The lowest BCUT2D eigenvalue weighted by Gasteiger charge is -2.33. The molecule has 3 aromatic rings. The van der Waals surface area contributed by atoms with Gasteiger partial charge in [0.1, 0.15) is 11.9 Å². The van der Waals surface area contributed by atoms with E-state index < -0.39 is 0 Å². The van der Waals surface area contributed by atoms with Gasteiger partial charge in [-0.2, -0.15) is 5.10 Å². The van der Waals surface area contributed by atoms with E-state index in [-0.39, 0.29) is 23.8 Å². The van der Waals surface area contributed by atoms with Crippen molar-refractivity contribution in [2.24, 2.45) is 5.92 Å². The van der Waals surface area contributed by atoms with Crippen molar-refractivity contribution in [3.63, 3.8) is 0 Å². The summed E-state index contributed by atoms with van der Waals surface area (Å²) in [5.41, 5.74) is 1.32. The fourth-order valence-corrected chi connectivity index (χ4v) is 4.47. The zero-order chi connectivity index (χ0) is 24.2. The average molecular weight is 492 g/mol. The molecule has 5 rings (SSSR count). The molecule has 9 heteroatoms. The van der Waals surface area contributed by atoms with Gasteiger partial charge in [-0.1, -0.05) is 17.7 Å². The van der Waals surface area contributed by atoms with Gasteiger partial charge in [-0.25, -0.2) is 0 Å². The molecule has 0 atom stereocenters. The molecular formula is C26H26ClN5O3. The molecule has 2 aromatic carbocycles. The Balaban J connectivity index is 1.21. The Hall–Kier alpha value is -3.49. The van der Waals surface area contributed by atoms with Crippen molar-refractivity contribution < 1.29 is 14.3 Å². The minimum absolute atomic E-state index is 0.00494. The number of halogens is 1. The van der Waals surface area contributed by atoms with Crippen LogP contribution < -0.4 is 15.0 Å². The number of benzene rings is 2. The van der Waals surface area contributed by atoms with Crippen LogP contribution in [0.1, 0.15) is 23.2 Å². The van der Waals surface area contributed by atoms with Crippen LogP contribution >= 0.6 is 11.6 Å². The van der Waals surface area contributed by atoms with Gasteiger partial charge in [0.25, 0.3) is 5.91 Å². The van der Waals surface area contributed by atoms with Crippen LogP contribution in [0.25, 0.3) is 0 Å². The minimum Gasteiger partial charge on any atom is -0.490 e. The van der Waals surface area contributed by atoms with Crippen LogP contribution in [0, 0.1) is 5.92 Å². The van der Waals surface area contributed by atoms with Crippen LogP contribution in [-0.2, 0) is 4.79 Å². The Morgan fingerprint density at radius 3 is 2.43 bits per heavy atom. The van der Waals surface area contributed by atoms with Crippen LogP contribution in [0.15, 0.2) is 66.9 Å². The number of rotatable bonds is 6. The second-order valence-corrected chi connectivity index (χ2v) is 9.16. The molecule has 0 aliphatic carbocycles. The molecule has 0 saturated carbocycles. The van der Waals surface area contributed by atoms with Crippen molar-refractivity contribution in [2.45, 2.75) is 18.9 Å². The molecule has 1 N–H and O–H groups in total. The molecule has 2 aliphatic heterocycles. The minimum atomic E-state index is -0.0762. The molecular weight excluding hydrogens is 466 g/mol. The maximum Gasteiger partial charge on any atom is 0.253 e. The highest BCUT2D eigenvalue weighted by molar-refractivity contribution is 6.30. The molecule has 2 fully saturated rings. The van der Waals surface area contributed by atoms with E-state index in [0.717, 1.165) is 24.3 Å². The summed E-state index contributed by atoms with van der Waals surface area (Å²) in [6, 6.07) is 18.1. The first-order valence-electron chi connectivity index (χ1n) is 11.7. The summed E-state index contributed by atoms with van der Waals surface area (Å²) in [7, 11) is 0. The molecule has 2 aliphatic rings. The smallest absolute Gasteiger partial charge is 0.253 e. The molecule has 1 aromatic heterocycles. The molecule has 180 valence electrons. The van der Waals surface area contributed by atoms with Crippen LogP contribution in [-0.4, -0.2) is 59.2 Å². The Bertz CT molecular complexity index is 1180. The Morgan fingerprint density at radius 2 is 1.80 bits per heavy atom. The van der Waals surface area contributed by atoms with E-state index in [1.807, 2.05) is 29.2 Å². The van der Waals surface area contributed by atoms with Gasteiger partial charge >= 0.3 is 0 Å². The Morgan fingerprint density at radius 1 is 1.03 bits per heavy atom. The first-order chi connectivity index (χ1) is 17.1. The molecule has 35 heavy (non-hydrogen) atoms. The highest BCUT2D eigenvalue weighted by atomic mass is 35.5. The largest absolute Gasteiger partial charge is 0.490 e. The van der Waals surface area contributed by atoms with Gasteiger partial charge in [-0.3, -0.25) is 14.5 Å². The van der Waals surface area contributed by atoms with Gasteiger partial charge in [0.15, 0.2) is 5.82 Å². The zero-order valence-corrected chi connectivity index (χ0v) is 19.9. The van der Waals surface area contributed by atoms with Gasteiger partial charge in [0.2, 0.25) is 5.91 Å². The monoisotopic (exact) mass is 491 g/mol. The number of carbonyl (C=O) groups is 2. The number of nitrogens with zero attached hydrogens (tertiary/aromatic N) is 4. The standard InChI is InChI=1S/C26H26ClN5O3/c27-20-4-1-3-18(15-20)25(33)31-13-10-23(11-14-31)35-22-8-6-21(7-9-22)32(24-5-2-12-29-30-24)26(34)19-16-28-17-19/h1-9,12,15,19,23,28H,10-11,13-14,16-17H2. The van der Waals surface area contributed by atoms with Gasteiger partial charge < -0.3 is 15.0 Å². The van der Waals surface area contributed by atoms with Crippen molar-refractivity contribution in [3.8, 4) is 5.75 Å². The maximum atomic E-state index is 13.1. The quantitative estimate of drug-likeness (QED) is 0.565. The summed E-state index contributed by atoms with van der Waals surface area (Å²) >= 11 is 6.03. The van der Waals surface area contributed by atoms with Crippen molar-refractivity contribution in [1.82, 2.24) is 20.4 Å². The van der Waals surface area contributed by atoms with Crippen LogP contribution in [0.5, 0.6) is 5.75 Å². The summed E-state index contributed by atoms with van der Waals surface area (Å²) < 4.78 is 6.19. The second kappa shape index (κ2) is 10.4. The van der Waals surface area contributed by atoms with E-state index in [4.69, 9.17) is 16.3 Å². The summed E-state index contributed by atoms with van der Waals surface area (Å²) in [5, 5.41) is 11.8. The zero-order valence-electron chi connectivity index (χ0n) is 19.1. The average Bonchev–Trinajstić information content (AvgIpc) is 2.85. The highest BCUT2D eigenvalue weighted by Crippen LogP contribution is 2.29. The number of anilines is 2. The third-order valence-corrected chi connectivity index (χ3v) is 6.57. The van der Waals surface area contributed by atoms with E-state index in [9.17, 15) is 9.59 Å². The number of likely N-dealkylation sites (tertiary alicyclic amines) is 1. The summed E-state index contributed by atoms with van der Waals surface area (Å²) in [5.74, 6) is 1.13. The Kier molecular flexibility index (Phi) is 6.92. The lowest BCUT2D eigenvalue weighted by Crippen LogP contribution is -2.51. The lowest BCUT2D eigenvalue weighted by molar-refractivity contribution is -0.123. The van der Waals surface area contributed by atoms with Crippen LogP contribution in [0.3, 0.4) is 0 Å².